The van der Waals surface area contributed by atoms with Gasteiger partial charge >= 0.3 is 104 Å². The first-order valence-corrected chi connectivity index (χ1v) is 8.23. The third-order valence-electron chi connectivity index (χ3n) is 2.55. The molecule has 2 rings (SSSR count). The Labute approximate surface area is 104 Å². The Balaban J connectivity index is 2.27. The average molecular weight is 498 g/mol. The van der Waals surface area contributed by atoms with Crippen LogP contribution in [0.3, 0.4) is 0 Å². The molecule has 0 atom stereocenters. The van der Waals surface area contributed by atoms with Crippen LogP contribution in [0.15, 0.2) is 54.9 Å². The van der Waals surface area contributed by atoms with E-state index in [-0.39, 0.29) is 11.9 Å². The van der Waals surface area contributed by atoms with E-state index in [1.165, 1.54) is 12.1 Å². The van der Waals surface area contributed by atoms with E-state index in [2.05, 4.69) is 0 Å². The predicted octanol–water partition coefficient (Wildman–Crippen LogP) is 4.03. The Morgan fingerprint density at radius 2 is 1.37 bits per heavy atom. The summed E-state index contributed by atoms with van der Waals surface area (Å²) < 4.78 is 36.2. The molecule has 0 spiro atoms. The van der Waals surface area contributed by atoms with Crippen LogP contribution in [0, 0.1) is 0 Å². The monoisotopic (exact) mass is 496 g/mol. The summed E-state index contributed by atoms with van der Waals surface area (Å²) in [5.74, 6) is -0.883. The third-order valence-corrected chi connectivity index (χ3v) is 4.60. The fraction of sp³-hybridized carbons (Fsp3) is 0. The summed E-state index contributed by atoms with van der Waals surface area (Å²) in [6, 6.07) is 15.2. The molecule has 0 bridgehead atoms. The van der Waals surface area contributed by atoms with Crippen LogP contribution in [0.25, 0.3) is 17.0 Å². The van der Waals surface area contributed by atoms with Crippen molar-refractivity contribution < 1.29 is 13.2 Å². The Morgan fingerprint density at radius 1 is 0.842 bits per heavy atom. The van der Waals surface area contributed by atoms with Crippen molar-refractivity contribution in [3.05, 3.63) is 60.4 Å². The van der Waals surface area contributed by atoms with Crippen molar-refractivity contribution in [1.82, 2.24) is 0 Å². The van der Waals surface area contributed by atoms with Gasteiger partial charge in [0, 0.05) is 0 Å². The van der Waals surface area contributed by atoms with Crippen molar-refractivity contribution in [2.75, 3.05) is 0 Å². The summed E-state index contributed by atoms with van der Waals surface area (Å²) in [4.78, 5) is 0. The second kappa shape index (κ2) is 5.45. The van der Waals surface area contributed by atoms with Gasteiger partial charge in [0.25, 0.3) is 0 Å². The van der Waals surface area contributed by atoms with Crippen LogP contribution in [0.5, 0.6) is 0 Å². The van der Waals surface area contributed by atoms with Crippen molar-refractivity contribution in [3.63, 3.8) is 0 Å². The van der Waals surface area contributed by atoms with Crippen molar-refractivity contribution in [2.24, 2.45) is 0 Å². The van der Waals surface area contributed by atoms with Gasteiger partial charge in [-0.25, -0.2) is 0 Å². The van der Waals surface area contributed by atoms with Gasteiger partial charge in [0.1, 0.15) is 0 Å². The summed E-state index contributed by atoms with van der Waals surface area (Å²) in [6.45, 7) is 0. The van der Waals surface area contributed by atoms with Gasteiger partial charge in [-0.15, -0.1) is 0 Å². The van der Waals surface area contributed by atoms with Gasteiger partial charge in [0.2, 0.25) is 0 Å². The summed E-state index contributed by atoms with van der Waals surface area (Å²) in [5.41, 5.74) is 2.09. The molecule has 0 fully saturated rings. The van der Waals surface area contributed by atoms with Gasteiger partial charge in [-0.3, -0.25) is 0 Å². The first kappa shape index (κ1) is 12.3. The summed E-state index contributed by atoms with van der Waals surface area (Å²) in [6.07, 6.45) is -0.0534. The zero-order chi connectivity index (χ0) is 13.7. The van der Waals surface area contributed by atoms with E-state index >= 15 is 0 Å². The molecule has 0 aliphatic heterocycles. The molecule has 19 heavy (non-hydrogen) atoms. The summed E-state index contributed by atoms with van der Waals surface area (Å²) in [5, 5.41) is 0. The molecule has 0 aliphatic carbocycles. The van der Waals surface area contributed by atoms with Crippen LogP contribution in [-0.2, 0) is 0 Å². The Kier molecular flexibility index (Phi) is 3.53. The van der Waals surface area contributed by atoms with Crippen molar-refractivity contribution in [1.29, 1.82) is 0 Å². The quantitative estimate of drug-likeness (QED) is 0.600. The molecule has 101 valence electrons. The van der Waals surface area contributed by atoms with Crippen LogP contribution in [0.4, 0.5) is 13.2 Å². The van der Waals surface area contributed by atoms with Gasteiger partial charge in [0.15, 0.2) is 0 Å². The van der Waals surface area contributed by atoms with Gasteiger partial charge in [-0.2, -0.15) is 0 Å². The van der Waals surface area contributed by atoms with Crippen LogP contribution in [0.1, 0.15) is 5.56 Å². The van der Waals surface area contributed by atoms with Crippen LogP contribution in [-0.4, -0.2) is 7.18 Å². The molecule has 0 unspecified atom stereocenters. The topological polar surface area (TPSA) is 0 Å². The molecule has 4 heteroatoms. The fourth-order valence-corrected chi connectivity index (χ4v) is 2.90. The Hall–Kier alpha value is -3.16. The molecule has 2 aromatic rings. The Morgan fingerprint density at radius 3 is 1.84 bits per heavy atom. The van der Waals surface area contributed by atoms with Gasteiger partial charge in [-0.05, 0) is 0 Å². The second-order valence-corrected chi connectivity index (χ2v) is 6.52. The van der Waals surface area contributed by atoms with E-state index in [0.717, 1.165) is 24.4 Å². The number of hydrogen-bond acceptors (Lipinski definition) is 0. The third kappa shape index (κ3) is 2.75. The molecule has 0 saturated carbocycles. The maximum absolute atomic E-state index is 13.0. The molecule has 0 amide bonds. The number of halogens is 3. The van der Waals surface area contributed by atoms with E-state index in [1.54, 1.807) is 12.1 Å². The first-order chi connectivity index (χ1) is 9.24. The van der Waals surface area contributed by atoms with Crippen molar-refractivity contribution in [2.45, 2.75) is 0 Å². The van der Waals surface area contributed by atoms with Gasteiger partial charge < -0.3 is 0 Å². The molecule has 0 aliphatic rings. The second-order valence-electron chi connectivity index (χ2n) is 3.67. The van der Waals surface area contributed by atoms with Crippen molar-refractivity contribution >= 4 is 19.1 Å². The first-order valence-electron chi connectivity index (χ1n) is 5.40. The summed E-state index contributed by atoms with van der Waals surface area (Å²) >= 11 is 0. The minimum atomic E-state index is -0.985. The zero-order valence-electron chi connectivity index (χ0n) is 9.72. The van der Waals surface area contributed by atoms with Gasteiger partial charge in [0.05, 0.1) is 0 Å². The number of hydrogen-bond donors (Lipinski definition) is 0. The number of rotatable bonds is 3. The van der Waals surface area contributed by atoms with E-state index in [4.69, 9.17) is 0 Å². The van der Waals surface area contributed by atoms with Crippen LogP contribution in [0.2, 0.25) is 0 Å². The standard InChI is InChI=1S/C14H9F2.CHF.Cf/c15-10-14(16)13-8-6-12(7-9-13)11-4-2-1-3-5-11;1-2;/h2-10H;1H;/b14-10-;;. The Bertz CT molecular complexity index is 598. The van der Waals surface area contributed by atoms with E-state index in [9.17, 15) is 13.2 Å². The van der Waals surface area contributed by atoms with E-state index in [0.29, 0.717) is 0 Å². The minimum absolute atomic E-state index is 0.0534. The molecule has 0 nitrogen and oxygen atoms in total. The molecule has 0 radical (unpaired) electrons. The zero-order valence-corrected chi connectivity index (χ0v) is 12.4. The number of benzene rings is 2. The molecule has 0 saturated heterocycles. The maximum atomic E-state index is 13.0. The van der Waals surface area contributed by atoms with Crippen LogP contribution >= 0.6 is 0 Å². The van der Waals surface area contributed by atoms with E-state index < -0.39 is 5.83 Å². The molecular weight excluding hydrogens is 488 g/mol. The van der Waals surface area contributed by atoms with Crippen LogP contribution < -0.4 is 6.07 Å². The normalized spacial score (nSPS) is 11.6. The fourth-order valence-electron chi connectivity index (χ4n) is 1.62. The molecule has 2 aromatic carbocycles. The molecule has 0 heterocycles. The summed E-state index contributed by atoms with van der Waals surface area (Å²) in [7, 11) is 0.755. The van der Waals surface area contributed by atoms with E-state index in [1.807, 2.05) is 24.3 Å². The molecular formula is C15H10CfF3. The average Bonchev–Trinajstić information content (AvgIpc) is 2.48. The molecule has 0 aromatic heterocycles. The van der Waals surface area contributed by atoms with Gasteiger partial charge in [-0.1, -0.05) is 0 Å². The SMILES string of the molecule is F[CH]=[Cf][c]1ccc(-c2ccc(/C(F)=C/F)cc2)cc1. The molecule has 0 N–H and O–H groups in total. The van der Waals surface area contributed by atoms with Crippen molar-refractivity contribution in [3.8, 4) is 11.1 Å². The predicted molar refractivity (Wildman–Crippen MR) is 68.9 cm³/mol.